The fourth-order valence-electron chi connectivity index (χ4n) is 2.99. The molecule has 116 valence electrons. The summed E-state index contributed by atoms with van der Waals surface area (Å²) in [4.78, 5) is 16.7. The zero-order valence-corrected chi connectivity index (χ0v) is 13.2. The predicted octanol–water partition coefficient (Wildman–Crippen LogP) is -0.178. The van der Waals surface area contributed by atoms with Gasteiger partial charge in [0.25, 0.3) is 0 Å². The largest absolute Gasteiger partial charge is 0.340 e. The minimum absolute atomic E-state index is 0.133. The van der Waals surface area contributed by atoms with Gasteiger partial charge in [-0.15, -0.1) is 0 Å². The number of piperazine rings is 1. The van der Waals surface area contributed by atoms with Gasteiger partial charge in [0.2, 0.25) is 15.9 Å². The Kier molecular flexibility index (Phi) is 5.04. The zero-order chi connectivity index (χ0) is 14.8. The Bertz CT molecular complexity index is 444. The van der Waals surface area contributed by atoms with Crippen LogP contribution in [-0.2, 0) is 14.8 Å². The molecule has 0 aromatic heterocycles. The van der Waals surface area contributed by atoms with Gasteiger partial charge in [-0.05, 0) is 19.4 Å². The Morgan fingerprint density at radius 3 is 2.35 bits per heavy atom. The Morgan fingerprint density at radius 1 is 1.15 bits per heavy atom. The molecule has 2 aliphatic heterocycles. The summed E-state index contributed by atoms with van der Waals surface area (Å²) in [6, 6.07) is 0. The average molecular weight is 303 g/mol. The van der Waals surface area contributed by atoms with Gasteiger partial charge in [-0.3, -0.25) is 4.79 Å². The van der Waals surface area contributed by atoms with E-state index in [1.807, 2.05) is 4.90 Å². The minimum atomic E-state index is -3.18. The van der Waals surface area contributed by atoms with E-state index < -0.39 is 10.0 Å². The van der Waals surface area contributed by atoms with E-state index in [1.54, 1.807) is 0 Å². The van der Waals surface area contributed by atoms with Gasteiger partial charge in [-0.25, -0.2) is 12.7 Å². The summed E-state index contributed by atoms with van der Waals surface area (Å²) in [6.07, 6.45) is 2.80. The molecule has 1 unspecified atom stereocenters. The lowest BCUT2D eigenvalue weighted by Gasteiger charge is -2.38. The monoisotopic (exact) mass is 303 g/mol. The van der Waals surface area contributed by atoms with Gasteiger partial charge in [0.1, 0.15) is 0 Å². The Labute approximate surface area is 121 Å². The average Bonchev–Trinajstić information content (AvgIpc) is 2.46. The maximum absolute atomic E-state index is 12.5. The molecule has 0 bridgehead atoms. The number of hydrogen-bond donors (Lipinski definition) is 0. The first-order chi connectivity index (χ1) is 9.41. The zero-order valence-electron chi connectivity index (χ0n) is 12.4. The van der Waals surface area contributed by atoms with E-state index in [0.29, 0.717) is 13.1 Å². The van der Waals surface area contributed by atoms with Gasteiger partial charge in [-0.1, -0.05) is 6.92 Å². The third-order valence-corrected chi connectivity index (χ3v) is 5.60. The van der Waals surface area contributed by atoms with Crippen molar-refractivity contribution in [3.8, 4) is 0 Å². The first-order valence-electron chi connectivity index (χ1n) is 7.38. The van der Waals surface area contributed by atoms with Crippen molar-refractivity contribution >= 4 is 15.9 Å². The number of sulfonamides is 1. The lowest BCUT2D eigenvalue weighted by Crippen LogP contribution is -2.52. The number of likely N-dealkylation sites (N-methyl/N-ethyl adjacent to an activating group) is 1. The summed E-state index contributed by atoms with van der Waals surface area (Å²) in [5.74, 6) is -0.0271. The number of rotatable bonds is 3. The highest BCUT2D eigenvalue weighted by molar-refractivity contribution is 7.88. The molecule has 2 fully saturated rings. The van der Waals surface area contributed by atoms with Crippen LogP contribution in [0.15, 0.2) is 0 Å². The molecule has 0 saturated carbocycles. The summed E-state index contributed by atoms with van der Waals surface area (Å²) in [5, 5.41) is 0. The molecule has 0 aliphatic carbocycles. The highest BCUT2D eigenvalue weighted by Crippen LogP contribution is 2.21. The Hall–Kier alpha value is -0.660. The number of piperidine rings is 1. The van der Waals surface area contributed by atoms with Gasteiger partial charge in [0.15, 0.2) is 0 Å². The maximum Gasteiger partial charge on any atom is 0.227 e. The van der Waals surface area contributed by atoms with Crippen LogP contribution >= 0.6 is 0 Å². The third-order valence-electron chi connectivity index (χ3n) is 4.33. The normalized spacial score (nSPS) is 26.7. The fraction of sp³-hybridized carbons (Fsp3) is 0.923. The van der Waals surface area contributed by atoms with Crippen molar-refractivity contribution < 1.29 is 13.2 Å². The highest BCUT2D eigenvalue weighted by Gasteiger charge is 2.33. The standard InChI is InChI=1S/C13H25N3O3S/c1-3-14-7-9-15(10-8-14)13(17)12-5-4-6-16(11-12)20(2,18)19/h12H,3-11H2,1-2H3. The lowest BCUT2D eigenvalue weighted by molar-refractivity contribution is -0.138. The van der Waals surface area contributed by atoms with Crippen molar-refractivity contribution in [3.05, 3.63) is 0 Å². The predicted molar refractivity (Wildman–Crippen MR) is 77.8 cm³/mol. The molecule has 2 saturated heterocycles. The van der Waals surface area contributed by atoms with Crippen molar-refractivity contribution in [3.63, 3.8) is 0 Å². The molecule has 0 spiro atoms. The van der Waals surface area contributed by atoms with Gasteiger partial charge < -0.3 is 9.80 Å². The molecular formula is C13H25N3O3S. The number of carbonyl (C=O) groups excluding carboxylic acids is 1. The summed E-state index contributed by atoms with van der Waals surface area (Å²) < 4.78 is 24.7. The van der Waals surface area contributed by atoms with Crippen molar-refractivity contribution in [1.82, 2.24) is 14.1 Å². The second-order valence-corrected chi connectivity index (χ2v) is 7.70. The van der Waals surface area contributed by atoms with E-state index in [9.17, 15) is 13.2 Å². The summed E-state index contributed by atoms with van der Waals surface area (Å²) >= 11 is 0. The summed E-state index contributed by atoms with van der Waals surface area (Å²) in [5.41, 5.74) is 0. The van der Waals surface area contributed by atoms with Crippen molar-refractivity contribution in [2.24, 2.45) is 5.92 Å². The molecular weight excluding hydrogens is 278 g/mol. The van der Waals surface area contributed by atoms with E-state index >= 15 is 0 Å². The van der Waals surface area contributed by atoms with Crippen LogP contribution in [0.4, 0.5) is 0 Å². The number of hydrogen-bond acceptors (Lipinski definition) is 4. The molecule has 2 aliphatic rings. The number of nitrogens with zero attached hydrogens (tertiary/aromatic N) is 3. The second kappa shape index (κ2) is 6.41. The van der Waals surface area contributed by atoms with E-state index in [-0.39, 0.29) is 11.8 Å². The molecule has 0 radical (unpaired) electrons. The molecule has 20 heavy (non-hydrogen) atoms. The van der Waals surface area contributed by atoms with E-state index in [2.05, 4.69) is 11.8 Å². The van der Waals surface area contributed by atoms with Crippen LogP contribution in [0.2, 0.25) is 0 Å². The van der Waals surface area contributed by atoms with Gasteiger partial charge >= 0.3 is 0 Å². The van der Waals surface area contributed by atoms with Crippen molar-refractivity contribution in [2.45, 2.75) is 19.8 Å². The van der Waals surface area contributed by atoms with Crippen LogP contribution in [0.3, 0.4) is 0 Å². The van der Waals surface area contributed by atoms with E-state index in [4.69, 9.17) is 0 Å². The minimum Gasteiger partial charge on any atom is -0.340 e. The fourth-order valence-corrected chi connectivity index (χ4v) is 3.90. The van der Waals surface area contributed by atoms with Gasteiger partial charge in [0.05, 0.1) is 12.2 Å². The molecule has 0 N–H and O–H groups in total. The second-order valence-electron chi connectivity index (χ2n) is 5.72. The molecule has 1 amide bonds. The molecule has 0 aromatic rings. The van der Waals surface area contributed by atoms with Gasteiger partial charge in [0, 0.05) is 39.3 Å². The van der Waals surface area contributed by atoms with Crippen LogP contribution in [0, 0.1) is 5.92 Å². The smallest absolute Gasteiger partial charge is 0.227 e. The van der Waals surface area contributed by atoms with E-state index in [0.717, 1.165) is 45.6 Å². The van der Waals surface area contributed by atoms with Crippen molar-refractivity contribution in [1.29, 1.82) is 0 Å². The topological polar surface area (TPSA) is 60.9 Å². The summed E-state index contributed by atoms with van der Waals surface area (Å²) in [7, 11) is -3.18. The summed E-state index contributed by atoms with van der Waals surface area (Å²) in [6.45, 7) is 7.42. The molecule has 6 nitrogen and oxygen atoms in total. The molecule has 1 atom stereocenters. The molecule has 2 rings (SSSR count). The molecule has 0 aromatic carbocycles. The first-order valence-corrected chi connectivity index (χ1v) is 9.23. The SMILES string of the molecule is CCN1CCN(C(=O)C2CCCN(S(C)(=O)=O)C2)CC1. The Balaban J connectivity index is 1.92. The molecule has 2 heterocycles. The van der Waals surface area contributed by atoms with E-state index in [1.165, 1.54) is 10.6 Å². The number of amides is 1. The lowest BCUT2D eigenvalue weighted by atomic mass is 9.98. The van der Waals surface area contributed by atoms with Crippen LogP contribution < -0.4 is 0 Å². The van der Waals surface area contributed by atoms with Crippen LogP contribution in [-0.4, -0.2) is 80.5 Å². The van der Waals surface area contributed by atoms with Crippen LogP contribution in [0.1, 0.15) is 19.8 Å². The van der Waals surface area contributed by atoms with Gasteiger partial charge in [-0.2, -0.15) is 0 Å². The first kappa shape index (κ1) is 15.7. The Morgan fingerprint density at radius 2 is 1.80 bits per heavy atom. The van der Waals surface area contributed by atoms with Crippen LogP contribution in [0.25, 0.3) is 0 Å². The highest BCUT2D eigenvalue weighted by atomic mass is 32.2. The number of carbonyl (C=O) groups is 1. The quantitative estimate of drug-likeness (QED) is 0.726. The van der Waals surface area contributed by atoms with Crippen LogP contribution in [0.5, 0.6) is 0 Å². The van der Waals surface area contributed by atoms with Crippen molar-refractivity contribution in [2.75, 3.05) is 52.1 Å². The molecule has 7 heteroatoms. The maximum atomic E-state index is 12.5. The third kappa shape index (κ3) is 3.71.